The summed E-state index contributed by atoms with van der Waals surface area (Å²) in [6, 6.07) is 0. The highest BCUT2D eigenvalue weighted by Crippen LogP contribution is 2.16. The third-order valence-corrected chi connectivity index (χ3v) is 8.75. The molecule has 0 aliphatic heterocycles. The Morgan fingerprint density at radius 1 is 0.325 bits per heavy atom. The van der Waals surface area contributed by atoms with Crippen LogP contribution in [0.4, 0.5) is 0 Å². The maximum Gasteiger partial charge on any atom is 0.305 e. The maximum absolute atomic E-state index is 11.9. The zero-order chi connectivity index (χ0) is 29.0. The Morgan fingerprint density at radius 3 is 0.825 bits per heavy atom. The van der Waals surface area contributed by atoms with Crippen molar-refractivity contribution in [1.29, 1.82) is 0 Å². The molecule has 0 aliphatic carbocycles. The van der Waals surface area contributed by atoms with Gasteiger partial charge in [0.05, 0.1) is 6.61 Å². The van der Waals surface area contributed by atoms with Crippen LogP contribution in [0.25, 0.3) is 0 Å². The number of carbonyl (C=O) groups excluding carboxylic acids is 1. The van der Waals surface area contributed by atoms with Crippen molar-refractivity contribution in [2.24, 2.45) is 0 Å². The van der Waals surface area contributed by atoms with Gasteiger partial charge in [-0.05, 0) is 12.8 Å². The van der Waals surface area contributed by atoms with Crippen LogP contribution in [0.2, 0.25) is 0 Å². The van der Waals surface area contributed by atoms with E-state index < -0.39 is 0 Å². The molecule has 0 aromatic heterocycles. The molecule has 0 atom stereocenters. The predicted octanol–water partition coefficient (Wildman–Crippen LogP) is 13.8. The molecule has 240 valence electrons. The van der Waals surface area contributed by atoms with E-state index in [9.17, 15) is 4.79 Å². The van der Waals surface area contributed by atoms with E-state index in [1.807, 2.05) is 0 Å². The van der Waals surface area contributed by atoms with Crippen molar-refractivity contribution in [1.82, 2.24) is 0 Å². The zero-order valence-corrected chi connectivity index (χ0v) is 28.1. The number of esters is 1. The molecule has 0 bridgehead atoms. The molecule has 0 aromatic carbocycles. The number of carbonyl (C=O) groups is 1. The quantitative estimate of drug-likeness (QED) is 0.0565. The lowest BCUT2D eigenvalue weighted by Crippen LogP contribution is -2.05. The highest BCUT2D eigenvalue weighted by molar-refractivity contribution is 5.69. The highest BCUT2D eigenvalue weighted by atomic mass is 16.5. The Balaban J connectivity index is 3.14. The first-order valence-electron chi connectivity index (χ1n) is 19.0. The first-order chi connectivity index (χ1) is 19.8. The first kappa shape index (κ1) is 39.5. The molecule has 0 radical (unpaired) electrons. The summed E-state index contributed by atoms with van der Waals surface area (Å²) in [6.07, 6.45) is 46.0. The second-order valence-corrected chi connectivity index (χ2v) is 12.9. The van der Waals surface area contributed by atoms with Gasteiger partial charge in [0.1, 0.15) is 0 Å². The molecule has 2 nitrogen and oxygen atoms in total. The van der Waals surface area contributed by atoms with Crippen LogP contribution in [-0.4, -0.2) is 12.6 Å². The summed E-state index contributed by atoms with van der Waals surface area (Å²) in [6.45, 7) is 5.22. The third-order valence-electron chi connectivity index (χ3n) is 8.75. The van der Waals surface area contributed by atoms with Gasteiger partial charge in [-0.3, -0.25) is 4.79 Å². The molecule has 0 amide bonds. The van der Waals surface area contributed by atoms with E-state index in [0.717, 1.165) is 12.8 Å². The summed E-state index contributed by atoms with van der Waals surface area (Å²) in [5.41, 5.74) is 0. The number of ether oxygens (including phenoxy) is 1. The van der Waals surface area contributed by atoms with Gasteiger partial charge in [-0.15, -0.1) is 0 Å². The smallest absolute Gasteiger partial charge is 0.305 e. The largest absolute Gasteiger partial charge is 0.466 e. The number of unbranched alkanes of at least 4 members (excludes halogenated alkanes) is 31. The molecule has 0 heterocycles. The van der Waals surface area contributed by atoms with Crippen LogP contribution >= 0.6 is 0 Å². The Bertz CT molecular complexity index is 460. The third kappa shape index (κ3) is 35.5. The lowest BCUT2D eigenvalue weighted by Gasteiger charge is -2.06. The van der Waals surface area contributed by atoms with E-state index in [1.54, 1.807) is 0 Å². The molecule has 0 aliphatic rings. The molecule has 0 saturated heterocycles. The van der Waals surface area contributed by atoms with Crippen molar-refractivity contribution in [2.45, 2.75) is 232 Å². The van der Waals surface area contributed by atoms with Gasteiger partial charge in [0.25, 0.3) is 0 Å². The standard InChI is InChI=1S/C38H76O2/c1-3-5-7-9-11-13-15-17-19-21-23-25-27-29-31-33-35-37-40-38(39)36-34-32-30-28-26-24-22-20-18-16-14-12-10-8-6-4-2/h3-37H2,1-2H3. The minimum atomic E-state index is 0.0295. The minimum absolute atomic E-state index is 0.0295. The summed E-state index contributed by atoms with van der Waals surface area (Å²) in [4.78, 5) is 11.9. The molecule has 0 saturated carbocycles. The van der Waals surface area contributed by atoms with E-state index in [-0.39, 0.29) is 5.97 Å². The highest BCUT2D eigenvalue weighted by Gasteiger charge is 2.03. The molecule has 0 spiro atoms. The van der Waals surface area contributed by atoms with Gasteiger partial charge in [-0.25, -0.2) is 0 Å². The van der Waals surface area contributed by atoms with Gasteiger partial charge in [-0.1, -0.05) is 213 Å². The van der Waals surface area contributed by atoms with Gasteiger partial charge >= 0.3 is 5.97 Å². The van der Waals surface area contributed by atoms with Crippen molar-refractivity contribution >= 4 is 5.97 Å². The van der Waals surface area contributed by atoms with Crippen LogP contribution in [0.5, 0.6) is 0 Å². The molecular weight excluding hydrogens is 488 g/mol. The number of rotatable bonds is 35. The molecule has 2 heteroatoms. The first-order valence-corrected chi connectivity index (χ1v) is 19.0. The molecule has 0 rings (SSSR count). The Labute approximate surface area is 254 Å². The van der Waals surface area contributed by atoms with Crippen LogP contribution < -0.4 is 0 Å². The van der Waals surface area contributed by atoms with Crippen LogP contribution in [0.15, 0.2) is 0 Å². The van der Waals surface area contributed by atoms with Crippen molar-refractivity contribution < 1.29 is 9.53 Å². The summed E-state index contributed by atoms with van der Waals surface area (Å²) in [7, 11) is 0. The van der Waals surface area contributed by atoms with Crippen molar-refractivity contribution in [3.63, 3.8) is 0 Å². The molecule has 0 N–H and O–H groups in total. The SMILES string of the molecule is CCCCCCCCCCCCCCCCCCCOC(=O)CCCCCCCCCCCCCCCCCC. The van der Waals surface area contributed by atoms with Gasteiger partial charge in [0.15, 0.2) is 0 Å². The van der Waals surface area contributed by atoms with Crippen LogP contribution in [-0.2, 0) is 9.53 Å². The fourth-order valence-corrected chi connectivity index (χ4v) is 5.90. The molecule has 0 aromatic rings. The van der Waals surface area contributed by atoms with Gasteiger partial charge in [-0.2, -0.15) is 0 Å². The van der Waals surface area contributed by atoms with Gasteiger partial charge in [0, 0.05) is 6.42 Å². The number of hydrogen-bond acceptors (Lipinski definition) is 2. The van der Waals surface area contributed by atoms with E-state index in [0.29, 0.717) is 13.0 Å². The summed E-state index contributed by atoms with van der Waals surface area (Å²) < 4.78 is 5.45. The summed E-state index contributed by atoms with van der Waals surface area (Å²) >= 11 is 0. The topological polar surface area (TPSA) is 26.3 Å². The molecule has 40 heavy (non-hydrogen) atoms. The van der Waals surface area contributed by atoms with Crippen molar-refractivity contribution in [2.75, 3.05) is 6.61 Å². The van der Waals surface area contributed by atoms with Gasteiger partial charge in [0.2, 0.25) is 0 Å². The zero-order valence-electron chi connectivity index (χ0n) is 28.1. The Kier molecular flexibility index (Phi) is 36.0. The molecule has 0 fully saturated rings. The lowest BCUT2D eigenvalue weighted by atomic mass is 10.0. The average molecular weight is 565 g/mol. The van der Waals surface area contributed by atoms with Crippen LogP contribution in [0.1, 0.15) is 232 Å². The van der Waals surface area contributed by atoms with Gasteiger partial charge < -0.3 is 4.74 Å². The van der Waals surface area contributed by atoms with Crippen LogP contribution in [0.3, 0.4) is 0 Å². The van der Waals surface area contributed by atoms with Crippen molar-refractivity contribution in [3.05, 3.63) is 0 Å². The van der Waals surface area contributed by atoms with Crippen LogP contribution in [0, 0.1) is 0 Å². The molecule has 0 unspecified atom stereocenters. The second kappa shape index (κ2) is 36.5. The monoisotopic (exact) mass is 565 g/mol. The molecular formula is C38H76O2. The Morgan fingerprint density at radius 2 is 0.550 bits per heavy atom. The fourth-order valence-electron chi connectivity index (χ4n) is 5.90. The summed E-state index contributed by atoms with van der Waals surface area (Å²) in [5.74, 6) is 0.0295. The van der Waals surface area contributed by atoms with E-state index >= 15 is 0 Å². The summed E-state index contributed by atoms with van der Waals surface area (Å²) in [5, 5.41) is 0. The van der Waals surface area contributed by atoms with E-state index in [2.05, 4.69) is 13.8 Å². The predicted molar refractivity (Wildman–Crippen MR) is 179 cm³/mol. The average Bonchev–Trinajstić information content (AvgIpc) is 2.96. The second-order valence-electron chi connectivity index (χ2n) is 12.9. The van der Waals surface area contributed by atoms with Crippen molar-refractivity contribution in [3.8, 4) is 0 Å². The normalized spacial score (nSPS) is 11.3. The Hall–Kier alpha value is -0.530. The maximum atomic E-state index is 11.9. The fraction of sp³-hybridized carbons (Fsp3) is 0.974. The van der Waals surface area contributed by atoms with E-state index in [1.165, 1.54) is 199 Å². The number of hydrogen-bond donors (Lipinski definition) is 0. The minimum Gasteiger partial charge on any atom is -0.466 e. The van der Waals surface area contributed by atoms with E-state index in [4.69, 9.17) is 4.74 Å². The lowest BCUT2D eigenvalue weighted by molar-refractivity contribution is -0.143.